The Morgan fingerprint density at radius 3 is 2.85 bits per heavy atom. The molecule has 4 nitrogen and oxygen atoms in total. The molecule has 0 aliphatic rings. The molecule has 0 radical (unpaired) electrons. The summed E-state index contributed by atoms with van der Waals surface area (Å²) in [5, 5.41) is 13.0. The number of carbonyl (C=O) groups is 1. The lowest BCUT2D eigenvalue weighted by Crippen LogP contribution is -2.22. The van der Waals surface area contributed by atoms with Crippen molar-refractivity contribution in [2.24, 2.45) is 0 Å². The summed E-state index contributed by atoms with van der Waals surface area (Å²) in [4.78, 5) is 12.1. The number of carbonyl (C=O) groups excluding carboxylic acids is 1. The minimum atomic E-state index is -0.196. The number of hydrogen-bond acceptors (Lipinski definition) is 3. The molecule has 0 saturated carbocycles. The highest BCUT2D eigenvalue weighted by Crippen LogP contribution is 2.20. The van der Waals surface area contributed by atoms with Gasteiger partial charge in [0.1, 0.15) is 17.6 Å². The molecular formula is C16H13NO3. The van der Waals surface area contributed by atoms with Gasteiger partial charge in [-0.2, -0.15) is 0 Å². The smallest absolute Gasteiger partial charge is 0.255 e. The van der Waals surface area contributed by atoms with Gasteiger partial charge in [0.2, 0.25) is 0 Å². The number of aromatic hydroxyl groups is 1. The molecule has 0 atom stereocenters. The second-order valence-electron chi connectivity index (χ2n) is 4.50. The fourth-order valence-corrected chi connectivity index (χ4v) is 2.10. The maximum Gasteiger partial charge on any atom is 0.255 e. The first-order valence-corrected chi connectivity index (χ1v) is 6.26. The van der Waals surface area contributed by atoms with Gasteiger partial charge < -0.3 is 14.8 Å². The Hall–Kier alpha value is -2.75. The van der Waals surface area contributed by atoms with E-state index in [1.165, 1.54) is 6.26 Å². The molecule has 2 N–H and O–H groups in total. The Morgan fingerprint density at radius 2 is 2.00 bits per heavy atom. The zero-order valence-electron chi connectivity index (χ0n) is 10.7. The Bertz CT molecular complexity index is 761. The molecule has 1 amide bonds. The van der Waals surface area contributed by atoms with Gasteiger partial charge in [-0.3, -0.25) is 4.79 Å². The number of furan rings is 1. The molecule has 0 aliphatic heterocycles. The number of benzene rings is 2. The van der Waals surface area contributed by atoms with Crippen molar-refractivity contribution in [3.63, 3.8) is 0 Å². The van der Waals surface area contributed by atoms with Crippen LogP contribution in [0.25, 0.3) is 11.0 Å². The van der Waals surface area contributed by atoms with Crippen molar-refractivity contribution in [1.29, 1.82) is 0 Å². The summed E-state index contributed by atoms with van der Waals surface area (Å²) >= 11 is 0. The van der Waals surface area contributed by atoms with Gasteiger partial charge in [0.15, 0.2) is 0 Å². The molecule has 2 aromatic carbocycles. The molecule has 0 bridgehead atoms. The lowest BCUT2D eigenvalue weighted by molar-refractivity contribution is 0.0951. The lowest BCUT2D eigenvalue weighted by atomic mass is 10.1. The molecule has 1 aromatic heterocycles. The Morgan fingerprint density at radius 1 is 1.15 bits per heavy atom. The van der Waals surface area contributed by atoms with E-state index in [2.05, 4.69) is 5.32 Å². The number of hydrogen-bond donors (Lipinski definition) is 2. The van der Waals surface area contributed by atoms with Crippen LogP contribution in [0, 0.1) is 0 Å². The molecule has 1 heterocycles. The fourth-order valence-electron chi connectivity index (χ4n) is 2.10. The van der Waals surface area contributed by atoms with Gasteiger partial charge in [0.05, 0.1) is 5.56 Å². The molecule has 4 heteroatoms. The zero-order valence-corrected chi connectivity index (χ0v) is 10.7. The van der Waals surface area contributed by atoms with Crippen LogP contribution in [-0.4, -0.2) is 11.0 Å². The van der Waals surface area contributed by atoms with Crippen LogP contribution >= 0.6 is 0 Å². The van der Waals surface area contributed by atoms with Crippen LogP contribution in [0.4, 0.5) is 0 Å². The number of phenols is 1. The highest BCUT2D eigenvalue weighted by Gasteiger charge is 2.12. The summed E-state index contributed by atoms with van der Waals surface area (Å²) in [7, 11) is 0. The predicted molar refractivity (Wildman–Crippen MR) is 75.5 cm³/mol. The molecule has 3 aromatic rings. The maximum absolute atomic E-state index is 12.1. The van der Waals surface area contributed by atoms with Crippen LogP contribution in [0.3, 0.4) is 0 Å². The highest BCUT2D eigenvalue weighted by atomic mass is 16.3. The second-order valence-corrected chi connectivity index (χ2v) is 4.50. The summed E-state index contributed by atoms with van der Waals surface area (Å²) in [5.41, 5.74) is 2.04. The van der Waals surface area contributed by atoms with Crippen LogP contribution in [0.1, 0.15) is 15.9 Å². The molecule has 0 aliphatic carbocycles. The first-order valence-electron chi connectivity index (χ1n) is 6.26. The minimum Gasteiger partial charge on any atom is -0.508 e. The molecule has 0 fully saturated rings. The molecule has 20 heavy (non-hydrogen) atoms. The maximum atomic E-state index is 12.1. The summed E-state index contributed by atoms with van der Waals surface area (Å²) in [6.45, 7) is 0.354. The lowest BCUT2D eigenvalue weighted by Gasteiger charge is -2.04. The van der Waals surface area contributed by atoms with Crippen LogP contribution in [-0.2, 0) is 6.54 Å². The van der Waals surface area contributed by atoms with Gasteiger partial charge in [-0.15, -0.1) is 0 Å². The third-order valence-electron chi connectivity index (χ3n) is 3.09. The van der Waals surface area contributed by atoms with Crippen molar-refractivity contribution < 1.29 is 14.3 Å². The standard InChI is InChI=1S/C16H13NO3/c18-12-5-3-4-11(8-12)9-17-16(19)14-10-20-15-7-2-1-6-13(14)15/h1-8,10,18H,9H2,(H,17,19). The van der Waals surface area contributed by atoms with Crippen molar-refractivity contribution in [3.05, 3.63) is 65.9 Å². The van der Waals surface area contributed by atoms with E-state index < -0.39 is 0 Å². The van der Waals surface area contributed by atoms with E-state index >= 15 is 0 Å². The topological polar surface area (TPSA) is 62.5 Å². The van der Waals surface area contributed by atoms with Crippen LogP contribution < -0.4 is 5.32 Å². The minimum absolute atomic E-state index is 0.186. The van der Waals surface area contributed by atoms with E-state index in [-0.39, 0.29) is 11.7 Å². The largest absolute Gasteiger partial charge is 0.508 e. The normalized spacial score (nSPS) is 10.6. The van der Waals surface area contributed by atoms with E-state index in [9.17, 15) is 9.90 Å². The van der Waals surface area contributed by atoms with Gasteiger partial charge >= 0.3 is 0 Å². The Kier molecular flexibility index (Phi) is 3.13. The average molecular weight is 267 g/mol. The van der Waals surface area contributed by atoms with E-state index in [4.69, 9.17) is 4.42 Å². The van der Waals surface area contributed by atoms with E-state index in [0.717, 1.165) is 10.9 Å². The Labute approximate surface area is 115 Å². The van der Waals surface area contributed by atoms with Crippen LogP contribution in [0.5, 0.6) is 5.75 Å². The molecule has 3 rings (SSSR count). The summed E-state index contributed by atoms with van der Waals surface area (Å²) in [6, 6.07) is 14.2. The molecule has 0 saturated heterocycles. The van der Waals surface area contributed by atoms with Crippen molar-refractivity contribution in [3.8, 4) is 5.75 Å². The second kappa shape index (κ2) is 5.09. The number of para-hydroxylation sites is 1. The van der Waals surface area contributed by atoms with Crippen molar-refractivity contribution in [2.45, 2.75) is 6.54 Å². The van der Waals surface area contributed by atoms with Crippen molar-refractivity contribution in [1.82, 2.24) is 5.32 Å². The summed E-state index contributed by atoms with van der Waals surface area (Å²) in [5.74, 6) is -0.0104. The van der Waals surface area contributed by atoms with Crippen molar-refractivity contribution >= 4 is 16.9 Å². The number of rotatable bonds is 3. The summed E-state index contributed by atoms with van der Waals surface area (Å²) in [6.07, 6.45) is 1.46. The predicted octanol–water partition coefficient (Wildman–Crippen LogP) is 3.07. The highest BCUT2D eigenvalue weighted by molar-refractivity contribution is 6.05. The molecular weight excluding hydrogens is 254 g/mol. The number of amides is 1. The number of nitrogens with one attached hydrogen (secondary N) is 1. The van der Waals surface area contributed by atoms with E-state index in [1.807, 2.05) is 30.3 Å². The fraction of sp³-hybridized carbons (Fsp3) is 0.0625. The average Bonchev–Trinajstić information content (AvgIpc) is 2.89. The SMILES string of the molecule is O=C(NCc1cccc(O)c1)c1coc2ccccc12. The monoisotopic (exact) mass is 267 g/mol. The van der Waals surface area contributed by atoms with Gasteiger partial charge in [0, 0.05) is 11.9 Å². The molecule has 0 unspecified atom stereocenters. The molecule has 100 valence electrons. The van der Waals surface area contributed by atoms with E-state index in [0.29, 0.717) is 17.7 Å². The quantitative estimate of drug-likeness (QED) is 0.766. The zero-order chi connectivity index (χ0) is 13.9. The van der Waals surface area contributed by atoms with Crippen molar-refractivity contribution in [2.75, 3.05) is 0 Å². The van der Waals surface area contributed by atoms with Gasteiger partial charge in [-0.05, 0) is 23.8 Å². The van der Waals surface area contributed by atoms with Gasteiger partial charge in [0.25, 0.3) is 5.91 Å². The number of fused-ring (bicyclic) bond motifs is 1. The molecule has 0 spiro atoms. The number of phenolic OH excluding ortho intramolecular Hbond substituents is 1. The first kappa shape index (κ1) is 12.3. The van der Waals surface area contributed by atoms with Crippen LogP contribution in [0.2, 0.25) is 0 Å². The van der Waals surface area contributed by atoms with Crippen LogP contribution in [0.15, 0.2) is 59.2 Å². The van der Waals surface area contributed by atoms with Gasteiger partial charge in [-0.1, -0.05) is 30.3 Å². The first-order chi connectivity index (χ1) is 9.74. The summed E-state index contributed by atoms with van der Waals surface area (Å²) < 4.78 is 5.34. The van der Waals surface area contributed by atoms with E-state index in [1.54, 1.807) is 18.2 Å². The third kappa shape index (κ3) is 2.36. The third-order valence-corrected chi connectivity index (χ3v) is 3.09. The Balaban J connectivity index is 1.76. The van der Waals surface area contributed by atoms with Gasteiger partial charge in [-0.25, -0.2) is 0 Å².